The molecular weight excluding hydrogens is 258 g/mol. The van der Waals surface area contributed by atoms with Crippen molar-refractivity contribution in [3.63, 3.8) is 0 Å². The molecular formula is C19H29NO. The van der Waals surface area contributed by atoms with E-state index in [1.807, 2.05) is 0 Å². The van der Waals surface area contributed by atoms with Crippen molar-refractivity contribution in [1.29, 1.82) is 0 Å². The highest BCUT2D eigenvalue weighted by Crippen LogP contribution is 2.46. The number of morpholine rings is 1. The maximum Gasteiger partial charge on any atom is 0.0989 e. The molecule has 0 bridgehead atoms. The number of fused-ring (bicyclic) bond motifs is 3. The van der Waals surface area contributed by atoms with Gasteiger partial charge in [0.05, 0.1) is 11.7 Å². The molecule has 1 aromatic carbocycles. The van der Waals surface area contributed by atoms with E-state index in [9.17, 15) is 0 Å². The Morgan fingerprint density at radius 1 is 1.24 bits per heavy atom. The van der Waals surface area contributed by atoms with Crippen LogP contribution in [0.2, 0.25) is 0 Å². The molecule has 1 saturated heterocycles. The van der Waals surface area contributed by atoms with Crippen LogP contribution in [0.1, 0.15) is 64.7 Å². The summed E-state index contributed by atoms with van der Waals surface area (Å²) in [5.41, 5.74) is 3.02. The lowest BCUT2D eigenvalue weighted by Crippen LogP contribution is -2.57. The van der Waals surface area contributed by atoms with Crippen molar-refractivity contribution in [2.75, 3.05) is 6.54 Å². The summed E-state index contributed by atoms with van der Waals surface area (Å²) in [5.74, 6) is 0.656. The Bertz CT molecular complexity index is 522. The minimum absolute atomic E-state index is 0.0517. The van der Waals surface area contributed by atoms with Gasteiger partial charge < -0.3 is 10.1 Å². The molecule has 3 unspecified atom stereocenters. The molecule has 21 heavy (non-hydrogen) atoms. The van der Waals surface area contributed by atoms with Crippen LogP contribution in [0.4, 0.5) is 0 Å². The molecule has 3 rings (SSSR count). The topological polar surface area (TPSA) is 21.3 Å². The first-order valence-corrected chi connectivity index (χ1v) is 8.31. The lowest BCUT2D eigenvalue weighted by molar-refractivity contribution is -0.144. The third-order valence-corrected chi connectivity index (χ3v) is 5.08. The van der Waals surface area contributed by atoms with Crippen LogP contribution in [-0.2, 0) is 10.2 Å². The molecule has 1 aliphatic carbocycles. The van der Waals surface area contributed by atoms with Gasteiger partial charge in [0.15, 0.2) is 0 Å². The number of benzene rings is 1. The zero-order chi connectivity index (χ0) is 15.3. The van der Waals surface area contributed by atoms with Gasteiger partial charge in [-0.05, 0) is 42.2 Å². The number of rotatable bonds is 2. The molecule has 0 spiro atoms. The second kappa shape index (κ2) is 5.10. The summed E-state index contributed by atoms with van der Waals surface area (Å²) in [4.78, 5) is 0. The highest BCUT2D eigenvalue weighted by molar-refractivity contribution is 5.39. The average molecular weight is 287 g/mol. The van der Waals surface area contributed by atoms with Crippen LogP contribution in [0.5, 0.6) is 0 Å². The predicted molar refractivity (Wildman–Crippen MR) is 87.6 cm³/mol. The van der Waals surface area contributed by atoms with Gasteiger partial charge in [-0.1, -0.05) is 52.0 Å². The van der Waals surface area contributed by atoms with E-state index in [0.29, 0.717) is 12.0 Å². The SMILES string of the molecule is CC(C)CC1(C)CNC2CC(C)(C)c3ccccc3C2O1. The first-order chi connectivity index (χ1) is 9.81. The Morgan fingerprint density at radius 2 is 1.95 bits per heavy atom. The summed E-state index contributed by atoms with van der Waals surface area (Å²) in [5, 5.41) is 3.79. The van der Waals surface area contributed by atoms with Crippen LogP contribution in [-0.4, -0.2) is 18.2 Å². The first kappa shape index (κ1) is 15.1. The average Bonchev–Trinajstić information content (AvgIpc) is 2.39. The molecule has 1 N–H and O–H groups in total. The van der Waals surface area contributed by atoms with Gasteiger partial charge in [-0.15, -0.1) is 0 Å². The van der Waals surface area contributed by atoms with Gasteiger partial charge in [-0.2, -0.15) is 0 Å². The Hall–Kier alpha value is -0.860. The third-order valence-electron chi connectivity index (χ3n) is 5.08. The molecule has 0 aromatic heterocycles. The molecule has 0 radical (unpaired) electrons. The van der Waals surface area contributed by atoms with Crippen molar-refractivity contribution in [1.82, 2.24) is 5.32 Å². The maximum atomic E-state index is 6.65. The van der Waals surface area contributed by atoms with Crippen molar-refractivity contribution in [3.8, 4) is 0 Å². The lowest BCUT2D eigenvalue weighted by Gasteiger charge is -2.50. The summed E-state index contributed by atoms with van der Waals surface area (Å²) < 4.78 is 6.65. The van der Waals surface area contributed by atoms with Crippen molar-refractivity contribution in [3.05, 3.63) is 35.4 Å². The van der Waals surface area contributed by atoms with Gasteiger partial charge in [0.2, 0.25) is 0 Å². The molecule has 116 valence electrons. The number of nitrogens with one attached hydrogen (secondary N) is 1. The molecule has 1 fully saturated rings. The molecule has 0 amide bonds. The number of hydrogen-bond donors (Lipinski definition) is 1. The molecule has 2 heteroatoms. The van der Waals surface area contributed by atoms with Crippen LogP contribution in [0.3, 0.4) is 0 Å². The minimum Gasteiger partial charge on any atom is -0.364 e. The number of ether oxygens (including phenoxy) is 1. The van der Waals surface area contributed by atoms with E-state index in [2.05, 4.69) is 64.2 Å². The van der Waals surface area contributed by atoms with E-state index in [4.69, 9.17) is 4.74 Å². The molecule has 1 aliphatic heterocycles. The zero-order valence-electron chi connectivity index (χ0n) is 14.1. The zero-order valence-corrected chi connectivity index (χ0v) is 14.1. The monoisotopic (exact) mass is 287 g/mol. The van der Waals surface area contributed by atoms with Crippen LogP contribution < -0.4 is 5.32 Å². The van der Waals surface area contributed by atoms with Crippen molar-refractivity contribution in [2.24, 2.45) is 5.92 Å². The smallest absolute Gasteiger partial charge is 0.0989 e. The van der Waals surface area contributed by atoms with Crippen molar-refractivity contribution in [2.45, 2.75) is 70.6 Å². The molecule has 2 aliphatic rings. The van der Waals surface area contributed by atoms with Crippen molar-refractivity contribution < 1.29 is 4.74 Å². The van der Waals surface area contributed by atoms with Gasteiger partial charge in [-0.25, -0.2) is 0 Å². The van der Waals surface area contributed by atoms with E-state index < -0.39 is 0 Å². The molecule has 1 heterocycles. The summed E-state index contributed by atoms with van der Waals surface area (Å²) in [6.07, 6.45) is 2.45. The second-order valence-electron chi connectivity index (χ2n) is 8.25. The second-order valence-corrected chi connectivity index (χ2v) is 8.25. The normalized spacial score (nSPS) is 34.4. The summed E-state index contributed by atoms with van der Waals surface area (Å²) in [6, 6.07) is 9.29. The van der Waals surface area contributed by atoms with Gasteiger partial charge in [0.1, 0.15) is 0 Å². The molecule has 3 atom stereocenters. The van der Waals surface area contributed by atoms with Gasteiger partial charge in [-0.3, -0.25) is 0 Å². The quantitative estimate of drug-likeness (QED) is 0.880. The van der Waals surface area contributed by atoms with Gasteiger partial charge in [0.25, 0.3) is 0 Å². The van der Waals surface area contributed by atoms with Crippen LogP contribution >= 0.6 is 0 Å². The molecule has 2 nitrogen and oxygen atoms in total. The van der Waals surface area contributed by atoms with E-state index >= 15 is 0 Å². The fourth-order valence-electron chi connectivity index (χ4n) is 4.35. The van der Waals surface area contributed by atoms with E-state index in [0.717, 1.165) is 19.4 Å². The first-order valence-electron chi connectivity index (χ1n) is 8.31. The standard InChI is InChI=1S/C19H29NO/c1-13(2)10-19(5)12-20-16-11-18(3,4)15-9-7-6-8-14(15)17(16)21-19/h6-9,13,16-17,20H,10-12H2,1-5H3. The van der Waals surface area contributed by atoms with Crippen molar-refractivity contribution >= 4 is 0 Å². The van der Waals surface area contributed by atoms with Gasteiger partial charge in [0, 0.05) is 12.6 Å². The Kier molecular flexibility index (Phi) is 3.66. The van der Waals surface area contributed by atoms with Gasteiger partial charge >= 0.3 is 0 Å². The lowest BCUT2D eigenvalue weighted by atomic mass is 9.68. The summed E-state index contributed by atoms with van der Waals surface area (Å²) >= 11 is 0. The van der Waals surface area contributed by atoms with E-state index in [1.165, 1.54) is 11.1 Å². The number of hydrogen-bond acceptors (Lipinski definition) is 2. The fraction of sp³-hybridized carbons (Fsp3) is 0.684. The Balaban J connectivity index is 1.94. The highest BCUT2D eigenvalue weighted by Gasteiger charge is 2.46. The van der Waals surface area contributed by atoms with E-state index in [-0.39, 0.29) is 17.1 Å². The predicted octanol–water partition coefficient (Wildman–Crippen LogP) is 4.20. The Morgan fingerprint density at radius 3 is 2.67 bits per heavy atom. The van der Waals surface area contributed by atoms with Crippen LogP contribution in [0.25, 0.3) is 0 Å². The summed E-state index contributed by atoms with van der Waals surface area (Å²) in [7, 11) is 0. The summed E-state index contributed by atoms with van der Waals surface area (Å²) in [6.45, 7) is 12.5. The maximum absolute atomic E-state index is 6.65. The largest absolute Gasteiger partial charge is 0.364 e. The molecule has 0 saturated carbocycles. The fourth-order valence-corrected chi connectivity index (χ4v) is 4.35. The van der Waals surface area contributed by atoms with E-state index in [1.54, 1.807) is 0 Å². The molecule has 1 aromatic rings. The third kappa shape index (κ3) is 2.76. The Labute approximate surface area is 129 Å². The van der Waals surface area contributed by atoms with Crippen LogP contribution in [0, 0.1) is 5.92 Å². The minimum atomic E-state index is -0.0517. The highest BCUT2D eigenvalue weighted by atomic mass is 16.5. The van der Waals surface area contributed by atoms with Crippen LogP contribution in [0.15, 0.2) is 24.3 Å².